The zero-order valence-electron chi connectivity index (χ0n) is 12.1. The monoisotopic (exact) mass is 447 g/mol. The summed E-state index contributed by atoms with van der Waals surface area (Å²) in [6, 6.07) is 10.4. The van der Waals surface area contributed by atoms with Crippen molar-refractivity contribution in [3.05, 3.63) is 50.7 Å². The van der Waals surface area contributed by atoms with Gasteiger partial charge in [-0.3, -0.25) is 4.99 Å². The fourth-order valence-corrected chi connectivity index (χ4v) is 3.69. The SMILES string of the molecule is I.NC(=NCCc1ccc(Cl)s1)Nc1ccc2c(c1)CCC2. The molecule has 0 fully saturated rings. The van der Waals surface area contributed by atoms with Gasteiger partial charge in [-0.1, -0.05) is 17.7 Å². The van der Waals surface area contributed by atoms with E-state index in [0.717, 1.165) is 16.4 Å². The van der Waals surface area contributed by atoms with E-state index in [0.29, 0.717) is 12.5 Å². The van der Waals surface area contributed by atoms with Crippen molar-refractivity contribution in [3.63, 3.8) is 0 Å². The number of hydrogen-bond donors (Lipinski definition) is 2. The first-order valence-corrected chi connectivity index (χ1v) is 8.33. The minimum absolute atomic E-state index is 0. The summed E-state index contributed by atoms with van der Waals surface area (Å²) in [5.41, 5.74) is 9.86. The van der Waals surface area contributed by atoms with Crippen molar-refractivity contribution in [1.82, 2.24) is 0 Å². The topological polar surface area (TPSA) is 50.4 Å². The molecule has 0 bridgehead atoms. The second kappa shape index (κ2) is 8.17. The van der Waals surface area contributed by atoms with Crippen molar-refractivity contribution in [2.75, 3.05) is 11.9 Å². The molecule has 3 rings (SSSR count). The maximum Gasteiger partial charge on any atom is 0.193 e. The molecule has 1 heterocycles. The summed E-state index contributed by atoms with van der Waals surface area (Å²) in [6.07, 6.45) is 4.49. The molecule has 0 amide bonds. The van der Waals surface area contributed by atoms with Gasteiger partial charge in [0.1, 0.15) is 0 Å². The van der Waals surface area contributed by atoms with Crippen LogP contribution < -0.4 is 11.1 Å². The van der Waals surface area contributed by atoms with Crippen LogP contribution in [0.2, 0.25) is 4.34 Å². The van der Waals surface area contributed by atoms with E-state index in [1.54, 1.807) is 11.3 Å². The predicted molar refractivity (Wildman–Crippen MR) is 107 cm³/mol. The smallest absolute Gasteiger partial charge is 0.193 e. The highest BCUT2D eigenvalue weighted by molar-refractivity contribution is 14.0. The van der Waals surface area contributed by atoms with Gasteiger partial charge in [0.15, 0.2) is 5.96 Å². The number of thiophene rings is 1. The number of fused-ring (bicyclic) bond motifs is 1. The highest BCUT2D eigenvalue weighted by Gasteiger charge is 2.10. The Morgan fingerprint density at radius 1 is 1.23 bits per heavy atom. The Morgan fingerprint density at radius 3 is 2.82 bits per heavy atom. The summed E-state index contributed by atoms with van der Waals surface area (Å²) < 4.78 is 0.818. The van der Waals surface area contributed by atoms with Crippen LogP contribution in [0.15, 0.2) is 35.3 Å². The number of aliphatic imine (C=N–C) groups is 1. The standard InChI is InChI=1S/C16H18ClN3S.HI/c17-15-7-6-14(21-15)8-9-19-16(18)20-13-5-4-11-2-1-3-12(11)10-13;/h4-7,10H,1-3,8-9H2,(H3,18,19,20);1H. The van der Waals surface area contributed by atoms with Gasteiger partial charge in [-0.15, -0.1) is 35.3 Å². The molecule has 2 aromatic rings. The molecule has 0 saturated heterocycles. The molecule has 1 aliphatic carbocycles. The van der Waals surface area contributed by atoms with Crippen LogP contribution in [0.1, 0.15) is 22.4 Å². The van der Waals surface area contributed by atoms with Gasteiger partial charge in [-0.05, 0) is 54.7 Å². The Bertz CT molecular complexity index is 669. The number of nitrogens with zero attached hydrogens (tertiary/aromatic N) is 1. The fourth-order valence-electron chi connectivity index (χ4n) is 2.61. The molecule has 0 atom stereocenters. The zero-order valence-corrected chi connectivity index (χ0v) is 16.0. The highest BCUT2D eigenvalue weighted by atomic mass is 127. The second-order valence-electron chi connectivity index (χ2n) is 5.18. The summed E-state index contributed by atoms with van der Waals surface area (Å²) >= 11 is 7.49. The lowest BCUT2D eigenvalue weighted by Crippen LogP contribution is -2.23. The van der Waals surface area contributed by atoms with Crippen LogP contribution in [0, 0.1) is 0 Å². The van der Waals surface area contributed by atoms with Crippen LogP contribution in [0.25, 0.3) is 0 Å². The molecule has 0 radical (unpaired) electrons. The number of halogens is 2. The fraction of sp³-hybridized carbons (Fsp3) is 0.312. The lowest BCUT2D eigenvalue weighted by Gasteiger charge is -2.07. The van der Waals surface area contributed by atoms with Crippen molar-refractivity contribution in [3.8, 4) is 0 Å². The van der Waals surface area contributed by atoms with E-state index in [9.17, 15) is 0 Å². The third-order valence-electron chi connectivity index (χ3n) is 3.64. The first kappa shape index (κ1) is 17.6. The summed E-state index contributed by atoms with van der Waals surface area (Å²) in [5.74, 6) is 0.468. The van der Waals surface area contributed by atoms with Crippen LogP contribution in [-0.4, -0.2) is 12.5 Å². The molecule has 1 aromatic heterocycles. The molecule has 0 spiro atoms. The van der Waals surface area contributed by atoms with Crippen LogP contribution >= 0.6 is 46.9 Å². The number of hydrogen-bond acceptors (Lipinski definition) is 2. The Hall–Kier alpha value is -0.790. The summed E-state index contributed by atoms with van der Waals surface area (Å²) in [5, 5.41) is 3.17. The number of guanidine groups is 1. The van der Waals surface area contributed by atoms with Gasteiger partial charge < -0.3 is 11.1 Å². The third kappa shape index (κ3) is 4.60. The number of anilines is 1. The Morgan fingerprint density at radius 2 is 2.05 bits per heavy atom. The lowest BCUT2D eigenvalue weighted by atomic mass is 10.1. The van der Waals surface area contributed by atoms with Crippen molar-refractivity contribution < 1.29 is 0 Å². The molecular formula is C16H19ClIN3S. The summed E-state index contributed by atoms with van der Waals surface area (Å²) in [4.78, 5) is 5.60. The average Bonchev–Trinajstić information content (AvgIpc) is 3.07. The molecule has 3 nitrogen and oxygen atoms in total. The molecular weight excluding hydrogens is 429 g/mol. The Kier molecular flexibility index (Phi) is 6.52. The van der Waals surface area contributed by atoms with Crippen LogP contribution in [0.5, 0.6) is 0 Å². The minimum Gasteiger partial charge on any atom is -0.370 e. The van der Waals surface area contributed by atoms with Gasteiger partial charge in [0, 0.05) is 23.5 Å². The largest absolute Gasteiger partial charge is 0.370 e. The lowest BCUT2D eigenvalue weighted by molar-refractivity contribution is 0.912. The van der Waals surface area contributed by atoms with Gasteiger partial charge in [0.05, 0.1) is 4.34 Å². The maximum absolute atomic E-state index is 5.94. The van der Waals surface area contributed by atoms with Crippen LogP contribution in [0.3, 0.4) is 0 Å². The van der Waals surface area contributed by atoms with E-state index < -0.39 is 0 Å². The summed E-state index contributed by atoms with van der Waals surface area (Å²) in [7, 11) is 0. The molecule has 0 aliphatic heterocycles. The van der Waals surface area contributed by atoms with E-state index in [1.165, 1.54) is 35.3 Å². The molecule has 3 N–H and O–H groups in total. The van der Waals surface area contributed by atoms with Gasteiger partial charge in [0.25, 0.3) is 0 Å². The quantitative estimate of drug-likeness (QED) is 0.412. The molecule has 0 saturated carbocycles. The second-order valence-corrected chi connectivity index (χ2v) is 6.98. The van der Waals surface area contributed by atoms with E-state index in [-0.39, 0.29) is 24.0 Å². The minimum atomic E-state index is 0. The van der Waals surface area contributed by atoms with Crippen molar-refractivity contribution in [2.24, 2.45) is 10.7 Å². The number of nitrogens with two attached hydrogens (primary N) is 1. The predicted octanol–water partition coefficient (Wildman–Crippen LogP) is 4.48. The van der Waals surface area contributed by atoms with Crippen molar-refractivity contribution in [2.45, 2.75) is 25.7 Å². The molecule has 0 unspecified atom stereocenters. The molecule has 118 valence electrons. The highest BCUT2D eigenvalue weighted by Crippen LogP contribution is 2.25. The number of aryl methyl sites for hydroxylation is 2. The first-order valence-electron chi connectivity index (χ1n) is 7.14. The van der Waals surface area contributed by atoms with Crippen molar-refractivity contribution in [1.29, 1.82) is 0 Å². The number of benzene rings is 1. The van der Waals surface area contributed by atoms with Gasteiger partial charge in [-0.25, -0.2) is 0 Å². The normalized spacial score (nSPS) is 13.6. The zero-order chi connectivity index (χ0) is 14.7. The van der Waals surface area contributed by atoms with E-state index in [1.807, 2.05) is 12.1 Å². The Balaban J connectivity index is 0.00000176. The average molecular weight is 448 g/mol. The number of nitrogens with one attached hydrogen (secondary N) is 1. The van der Waals surface area contributed by atoms with Gasteiger partial charge in [0.2, 0.25) is 0 Å². The Labute approximate surface area is 157 Å². The van der Waals surface area contributed by atoms with Crippen molar-refractivity contribution >= 4 is 58.6 Å². The van der Waals surface area contributed by atoms with Gasteiger partial charge in [-0.2, -0.15) is 0 Å². The number of rotatable bonds is 4. The van der Waals surface area contributed by atoms with E-state index >= 15 is 0 Å². The van der Waals surface area contributed by atoms with Crippen LogP contribution in [0.4, 0.5) is 5.69 Å². The first-order chi connectivity index (χ1) is 10.2. The molecule has 1 aromatic carbocycles. The van der Waals surface area contributed by atoms with Crippen LogP contribution in [-0.2, 0) is 19.3 Å². The molecule has 6 heteroatoms. The van der Waals surface area contributed by atoms with Gasteiger partial charge >= 0.3 is 0 Å². The summed E-state index contributed by atoms with van der Waals surface area (Å²) in [6.45, 7) is 0.667. The van der Waals surface area contributed by atoms with E-state index in [2.05, 4.69) is 28.5 Å². The maximum atomic E-state index is 5.94. The molecule has 1 aliphatic rings. The van der Waals surface area contributed by atoms with E-state index in [4.69, 9.17) is 17.3 Å². The molecule has 22 heavy (non-hydrogen) atoms. The third-order valence-corrected chi connectivity index (χ3v) is 4.93.